The smallest absolute Gasteiger partial charge is 0.0590 e. The molecule has 0 bridgehead atoms. The van der Waals surface area contributed by atoms with Gasteiger partial charge in [0.15, 0.2) is 0 Å². The number of rotatable bonds is 6. The molecule has 2 unspecified atom stereocenters. The molecule has 0 aromatic carbocycles. The van der Waals surface area contributed by atoms with Gasteiger partial charge in [-0.1, -0.05) is 20.8 Å². The molecule has 2 heteroatoms. The molecule has 0 aromatic heterocycles. The lowest BCUT2D eigenvalue weighted by atomic mass is 9.94. The lowest BCUT2D eigenvalue weighted by Crippen LogP contribution is -2.23. The van der Waals surface area contributed by atoms with Crippen LogP contribution in [-0.4, -0.2) is 22.9 Å². The first-order chi connectivity index (χ1) is 5.61. The zero-order chi connectivity index (χ0) is 9.56. The minimum Gasteiger partial charge on any atom is -0.396 e. The first-order valence-electron chi connectivity index (χ1n) is 4.90. The van der Waals surface area contributed by atoms with Crippen molar-refractivity contribution in [3.05, 3.63) is 0 Å². The van der Waals surface area contributed by atoms with Crippen LogP contribution in [0.3, 0.4) is 0 Å². The van der Waals surface area contributed by atoms with Crippen LogP contribution in [0, 0.1) is 11.8 Å². The van der Waals surface area contributed by atoms with Crippen LogP contribution in [0.15, 0.2) is 0 Å². The molecular formula is C10H22O2. The molecule has 0 fully saturated rings. The van der Waals surface area contributed by atoms with E-state index in [1.54, 1.807) is 0 Å². The molecule has 2 nitrogen and oxygen atoms in total. The van der Waals surface area contributed by atoms with E-state index in [4.69, 9.17) is 5.11 Å². The van der Waals surface area contributed by atoms with Crippen LogP contribution in [0.2, 0.25) is 0 Å². The minimum atomic E-state index is -0.317. The van der Waals surface area contributed by atoms with Gasteiger partial charge in [-0.05, 0) is 25.2 Å². The maximum Gasteiger partial charge on any atom is 0.0590 e. The highest BCUT2D eigenvalue weighted by molar-refractivity contribution is 4.67. The fourth-order valence-electron chi connectivity index (χ4n) is 1.26. The van der Waals surface area contributed by atoms with Crippen LogP contribution in [0.1, 0.15) is 40.0 Å². The second kappa shape index (κ2) is 6.44. The summed E-state index contributed by atoms with van der Waals surface area (Å²) in [7, 11) is 0. The average molecular weight is 174 g/mol. The first kappa shape index (κ1) is 11.9. The predicted molar refractivity (Wildman–Crippen MR) is 50.9 cm³/mol. The van der Waals surface area contributed by atoms with Crippen molar-refractivity contribution in [2.75, 3.05) is 6.61 Å². The molecular weight excluding hydrogens is 152 g/mol. The van der Waals surface area contributed by atoms with Gasteiger partial charge in [-0.2, -0.15) is 0 Å². The molecule has 0 radical (unpaired) electrons. The van der Waals surface area contributed by atoms with Crippen molar-refractivity contribution in [3.63, 3.8) is 0 Å². The van der Waals surface area contributed by atoms with Crippen molar-refractivity contribution in [2.24, 2.45) is 11.8 Å². The summed E-state index contributed by atoms with van der Waals surface area (Å²) in [5.74, 6) is 0.708. The largest absolute Gasteiger partial charge is 0.396 e. The molecule has 0 saturated carbocycles. The number of hydrogen-bond acceptors (Lipinski definition) is 2. The predicted octanol–water partition coefficient (Wildman–Crippen LogP) is 1.80. The SMILES string of the molecule is CCC(CO)C(O)CCC(C)C. The lowest BCUT2D eigenvalue weighted by Gasteiger charge is -2.19. The second-order valence-electron chi connectivity index (χ2n) is 3.89. The molecule has 2 atom stereocenters. The van der Waals surface area contributed by atoms with Gasteiger partial charge in [-0.3, -0.25) is 0 Å². The Kier molecular flexibility index (Phi) is 6.39. The van der Waals surface area contributed by atoms with Crippen LogP contribution in [0.5, 0.6) is 0 Å². The molecule has 0 rings (SSSR count). The normalized spacial score (nSPS) is 16.5. The van der Waals surface area contributed by atoms with Gasteiger partial charge in [0.1, 0.15) is 0 Å². The number of hydrogen-bond donors (Lipinski definition) is 2. The van der Waals surface area contributed by atoms with Crippen LogP contribution >= 0.6 is 0 Å². The van der Waals surface area contributed by atoms with E-state index in [0.29, 0.717) is 5.92 Å². The lowest BCUT2D eigenvalue weighted by molar-refractivity contribution is 0.0549. The third kappa shape index (κ3) is 4.73. The van der Waals surface area contributed by atoms with Crippen molar-refractivity contribution in [1.29, 1.82) is 0 Å². The molecule has 0 aliphatic heterocycles. The summed E-state index contributed by atoms with van der Waals surface area (Å²) in [6, 6.07) is 0. The molecule has 2 N–H and O–H groups in total. The van der Waals surface area contributed by atoms with E-state index in [1.807, 2.05) is 6.92 Å². The summed E-state index contributed by atoms with van der Waals surface area (Å²) in [6.07, 6.45) is 2.40. The average Bonchev–Trinajstić information content (AvgIpc) is 2.03. The Morgan fingerprint density at radius 2 is 1.75 bits per heavy atom. The summed E-state index contributed by atoms with van der Waals surface area (Å²) in [5.41, 5.74) is 0. The maximum atomic E-state index is 9.60. The van der Waals surface area contributed by atoms with E-state index in [-0.39, 0.29) is 18.6 Å². The van der Waals surface area contributed by atoms with Gasteiger partial charge in [0, 0.05) is 12.5 Å². The molecule has 0 heterocycles. The molecule has 0 aromatic rings. The fourth-order valence-corrected chi connectivity index (χ4v) is 1.26. The van der Waals surface area contributed by atoms with E-state index >= 15 is 0 Å². The van der Waals surface area contributed by atoms with Gasteiger partial charge in [-0.25, -0.2) is 0 Å². The van der Waals surface area contributed by atoms with E-state index in [0.717, 1.165) is 19.3 Å². The maximum absolute atomic E-state index is 9.60. The Bertz CT molecular complexity index is 98.0. The molecule has 0 saturated heterocycles. The third-order valence-corrected chi connectivity index (χ3v) is 2.34. The highest BCUT2D eigenvalue weighted by atomic mass is 16.3. The highest BCUT2D eigenvalue weighted by Gasteiger charge is 2.15. The molecule has 0 aliphatic rings. The second-order valence-corrected chi connectivity index (χ2v) is 3.89. The quantitative estimate of drug-likeness (QED) is 0.644. The molecule has 0 amide bonds. The van der Waals surface area contributed by atoms with Gasteiger partial charge in [0.2, 0.25) is 0 Å². The van der Waals surface area contributed by atoms with Crippen LogP contribution < -0.4 is 0 Å². The van der Waals surface area contributed by atoms with Crippen molar-refractivity contribution in [1.82, 2.24) is 0 Å². The van der Waals surface area contributed by atoms with Gasteiger partial charge in [-0.15, -0.1) is 0 Å². The standard InChI is InChI=1S/C10H22O2/c1-4-9(7-11)10(12)6-5-8(2)3/h8-12H,4-7H2,1-3H3. The Labute approximate surface area is 75.6 Å². The Morgan fingerprint density at radius 1 is 1.17 bits per heavy atom. The van der Waals surface area contributed by atoms with Crippen molar-refractivity contribution in [3.8, 4) is 0 Å². The summed E-state index contributed by atoms with van der Waals surface area (Å²) in [6.45, 7) is 6.40. The van der Waals surface area contributed by atoms with Crippen molar-refractivity contribution in [2.45, 2.75) is 46.1 Å². The summed E-state index contributed by atoms with van der Waals surface area (Å²) >= 11 is 0. The zero-order valence-electron chi connectivity index (χ0n) is 8.45. The topological polar surface area (TPSA) is 40.5 Å². The zero-order valence-corrected chi connectivity index (χ0v) is 8.45. The molecule has 12 heavy (non-hydrogen) atoms. The van der Waals surface area contributed by atoms with Gasteiger partial charge in [0.05, 0.1) is 6.10 Å². The fraction of sp³-hybridized carbons (Fsp3) is 1.00. The van der Waals surface area contributed by atoms with Gasteiger partial charge < -0.3 is 10.2 Å². The number of aliphatic hydroxyl groups excluding tert-OH is 2. The Hall–Kier alpha value is -0.0800. The third-order valence-electron chi connectivity index (χ3n) is 2.34. The van der Waals surface area contributed by atoms with E-state index in [1.165, 1.54) is 0 Å². The van der Waals surface area contributed by atoms with E-state index < -0.39 is 0 Å². The summed E-state index contributed by atoms with van der Waals surface area (Å²) in [5, 5.41) is 18.5. The van der Waals surface area contributed by atoms with Crippen LogP contribution in [0.4, 0.5) is 0 Å². The van der Waals surface area contributed by atoms with E-state index in [9.17, 15) is 5.11 Å². The monoisotopic (exact) mass is 174 g/mol. The molecule has 0 aliphatic carbocycles. The van der Waals surface area contributed by atoms with Crippen molar-refractivity contribution < 1.29 is 10.2 Å². The summed E-state index contributed by atoms with van der Waals surface area (Å²) < 4.78 is 0. The molecule has 74 valence electrons. The highest BCUT2D eigenvalue weighted by Crippen LogP contribution is 2.15. The molecule has 0 spiro atoms. The van der Waals surface area contributed by atoms with Crippen LogP contribution in [0.25, 0.3) is 0 Å². The minimum absolute atomic E-state index is 0.0729. The van der Waals surface area contributed by atoms with E-state index in [2.05, 4.69) is 13.8 Å². The summed E-state index contributed by atoms with van der Waals surface area (Å²) in [4.78, 5) is 0. The van der Waals surface area contributed by atoms with Crippen LogP contribution in [-0.2, 0) is 0 Å². The van der Waals surface area contributed by atoms with Crippen molar-refractivity contribution >= 4 is 0 Å². The first-order valence-corrected chi connectivity index (χ1v) is 4.90. The Morgan fingerprint density at radius 3 is 2.08 bits per heavy atom. The number of aliphatic hydroxyl groups is 2. The Balaban J connectivity index is 3.61. The van der Waals surface area contributed by atoms with Gasteiger partial charge >= 0.3 is 0 Å². The van der Waals surface area contributed by atoms with Gasteiger partial charge in [0.25, 0.3) is 0 Å².